The van der Waals surface area contributed by atoms with Gasteiger partial charge < -0.3 is 30.7 Å². The van der Waals surface area contributed by atoms with Gasteiger partial charge in [0.1, 0.15) is 23.5 Å². The van der Waals surface area contributed by atoms with Gasteiger partial charge in [0.15, 0.2) is 5.82 Å². The standard InChI is InChI=1S/C46H51F5N8O4/c1-45(2,46(49,50)51)41(57-44(62)63-3)43(61)56-38(39(60)25-52-24-35-36(47)21-31(22-37(35)48)42-53-18-5-19-54-42)20-29-11-8-28(9-12-29)10-13-30-14-17-40(55-23-30)58-26-33-15-16-34(27-58)59(33)32-6-4-7-32/h5,8-9,11-12,14,17-19,21-23,32-34,38-39,41,52,60H,4,6-7,15-16,20,24-27H2,1-3H3,(H,56,61)(H,57,62)/t33?,34?,38-,39-,41+/m0/s1. The lowest BCUT2D eigenvalue weighted by molar-refractivity contribution is -0.220. The Hall–Kier alpha value is -5.70. The molecule has 0 radical (unpaired) electrons. The summed E-state index contributed by atoms with van der Waals surface area (Å²) in [4.78, 5) is 43.7. The number of hydrogen-bond donors (Lipinski definition) is 4. The zero-order valence-electron chi connectivity index (χ0n) is 35.3. The average molecular weight is 875 g/mol. The molecule has 2 aromatic heterocycles. The van der Waals surface area contributed by atoms with E-state index < -0.39 is 53.4 Å². The van der Waals surface area contributed by atoms with E-state index in [1.165, 1.54) is 44.5 Å². The van der Waals surface area contributed by atoms with Crippen LogP contribution in [0.5, 0.6) is 0 Å². The van der Waals surface area contributed by atoms with Gasteiger partial charge in [0.25, 0.3) is 0 Å². The lowest BCUT2D eigenvalue weighted by atomic mass is 9.82. The molecule has 5 atom stereocenters. The number of rotatable bonds is 14. The van der Waals surface area contributed by atoms with Crippen molar-refractivity contribution in [2.45, 2.75) is 101 Å². The maximum atomic E-state index is 15.1. The fourth-order valence-electron chi connectivity index (χ4n) is 8.47. The summed E-state index contributed by atoms with van der Waals surface area (Å²) < 4.78 is 77.4. The number of aliphatic hydroxyl groups excluding tert-OH is 1. The Morgan fingerprint density at radius 1 is 0.889 bits per heavy atom. The van der Waals surface area contributed by atoms with E-state index in [1.807, 2.05) is 17.4 Å². The first-order valence-electron chi connectivity index (χ1n) is 21.1. The molecule has 2 saturated heterocycles. The molecule has 1 saturated carbocycles. The topological polar surface area (TPSA) is 145 Å². The number of carbonyl (C=O) groups is 2. The maximum absolute atomic E-state index is 15.1. The summed E-state index contributed by atoms with van der Waals surface area (Å²) in [5.74, 6) is 4.28. The Morgan fingerprint density at radius 2 is 1.52 bits per heavy atom. The van der Waals surface area contributed by atoms with Crippen molar-refractivity contribution in [3.8, 4) is 23.2 Å². The number of ether oxygens (including phenoxy) is 1. The summed E-state index contributed by atoms with van der Waals surface area (Å²) in [5.41, 5.74) is -1.04. The number of hydrogen-bond acceptors (Lipinski definition) is 10. The van der Waals surface area contributed by atoms with Crippen molar-refractivity contribution in [2.24, 2.45) is 5.41 Å². The zero-order valence-corrected chi connectivity index (χ0v) is 35.3. The molecule has 12 nitrogen and oxygen atoms in total. The molecule has 2 amide bonds. The van der Waals surface area contributed by atoms with Gasteiger partial charge in [-0.2, -0.15) is 13.2 Å². The van der Waals surface area contributed by atoms with E-state index in [4.69, 9.17) is 4.98 Å². The maximum Gasteiger partial charge on any atom is 0.407 e. The predicted octanol–water partition coefficient (Wildman–Crippen LogP) is 5.91. The van der Waals surface area contributed by atoms with Gasteiger partial charge in [-0.25, -0.2) is 28.5 Å². The fourth-order valence-corrected chi connectivity index (χ4v) is 8.47. The number of carbonyl (C=O) groups excluding carboxylic acids is 2. The molecule has 2 aromatic carbocycles. The van der Waals surface area contributed by atoms with Gasteiger partial charge in [0.2, 0.25) is 5.91 Å². The van der Waals surface area contributed by atoms with E-state index >= 15 is 8.78 Å². The Balaban J connectivity index is 1.03. The number of pyridine rings is 1. The van der Waals surface area contributed by atoms with E-state index in [1.54, 1.807) is 36.5 Å². The van der Waals surface area contributed by atoms with Crippen molar-refractivity contribution >= 4 is 17.8 Å². The molecule has 63 heavy (non-hydrogen) atoms. The molecule has 3 aliphatic rings. The summed E-state index contributed by atoms with van der Waals surface area (Å²) in [6, 6.07) is 13.0. The molecule has 1 aliphatic carbocycles. The number of fused-ring (bicyclic) bond motifs is 2. The van der Waals surface area contributed by atoms with E-state index in [0.717, 1.165) is 63.6 Å². The number of piperazine rings is 1. The zero-order chi connectivity index (χ0) is 44.9. The number of halogens is 5. The van der Waals surface area contributed by atoms with Crippen LogP contribution >= 0.6 is 0 Å². The van der Waals surface area contributed by atoms with Crippen LogP contribution in [0.25, 0.3) is 11.4 Å². The molecule has 4 aromatic rings. The number of anilines is 1. The SMILES string of the molecule is COC(=O)N[C@H](C(=O)N[C@@H](Cc1ccc(C#Cc2ccc(N3CC4CCC(C3)N4C3CCC3)nc2)cc1)[C@@H](O)CNCc1c(F)cc(-c2ncccn2)cc1F)C(C)(C)C(F)(F)F. The van der Waals surface area contributed by atoms with Gasteiger partial charge in [-0.1, -0.05) is 30.4 Å². The lowest BCUT2D eigenvalue weighted by Gasteiger charge is -2.48. The first-order chi connectivity index (χ1) is 30.1. The lowest BCUT2D eigenvalue weighted by Crippen LogP contribution is -2.62. The summed E-state index contributed by atoms with van der Waals surface area (Å²) in [6.07, 6.45) is 3.24. The number of alkyl carbamates (subject to hydrolysis) is 1. The molecule has 4 heterocycles. The second-order valence-corrected chi connectivity index (χ2v) is 17.0. The second kappa shape index (κ2) is 19.4. The van der Waals surface area contributed by atoms with Crippen LogP contribution < -0.4 is 20.9 Å². The first-order valence-corrected chi connectivity index (χ1v) is 21.1. The molecule has 2 bridgehead atoms. The van der Waals surface area contributed by atoms with Crippen molar-refractivity contribution in [3.05, 3.63) is 107 Å². The van der Waals surface area contributed by atoms with Gasteiger partial charge in [0, 0.05) is 85.1 Å². The molecule has 2 unspecified atom stereocenters. The van der Waals surface area contributed by atoms with E-state index in [9.17, 15) is 27.9 Å². The number of aliphatic hydroxyl groups is 1. The van der Waals surface area contributed by atoms with Crippen LogP contribution in [0.3, 0.4) is 0 Å². The van der Waals surface area contributed by atoms with Crippen LogP contribution in [0.2, 0.25) is 0 Å². The third-order valence-corrected chi connectivity index (χ3v) is 12.4. The van der Waals surface area contributed by atoms with E-state index in [-0.39, 0.29) is 36.5 Å². The molecular weight excluding hydrogens is 824 g/mol. The third kappa shape index (κ3) is 10.6. The number of methoxy groups -OCH3 is 1. The molecule has 17 heteroatoms. The Morgan fingerprint density at radius 3 is 2.10 bits per heavy atom. The van der Waals surface area contributed by atoms with Crippen LogP contribution in [-0.2, 0) is 22.5 Å². The van der Waals surface area contributed by atoms with Gasteiger partial charge in [0.05, 0.1) is 24.7 Å². The van der Waals surface area contributed by atoms with Crippen molar-refractivity contribution in [3.63, 3.8) is 0 Å². The minimum atomic E-state index is -4.94. The number of aromatic nitrogens is 3. The largest absolute Gasteiger partial charge is 0.453 e. The Kier molecular flexibility index (Phi) is 13.9. The van der Waals surface area contributed by atoms with Crippen LogP contribution in [0, 0.1) is 28.9 Å². The number of alkyl halides is 3. The number of nitrogens with one attached hydrogen (secondary N) is 3. The summed E-state index contributed by atoms with van der Waals surface area (Å²) in [6.45, 7) is 2.73. The van der Waals surface area contributed by atoms with Gasteiger partial charge in [-0.05, 0) is 94.0 Å². The minimum Gasteiger partial charge on any atom is -0.453 e. The molecule has 0 spiro atoms. The van der Waals surface area contributed by atoms with Crippen molar-refractivity contribution in [1.29, 1.82) is 0 Å². The number of amides is 2. The fraction of sp³-hybridized carbons (Fsp3) is 0.457. The molecule has 7 rings (SSSR count). The van der Waals surface area contributed by atoms with E-state index in [2.05, 4.69) is 47.0 Å². The molecule has 3 fully saturated rings. The third-order valence-electron chi connectivity index (χ3n) is 12.4. The predicted molar refractivity (Wildman–Crippen MR) is 225 cm³/mol. The van der Waals surface area contributed by atoms with Crippen molar-refractivity contribution in [1.82, 2.24) is 35.8 Å². The highest BCUT2D eigenvalue weighted by molar-refractivity contribution is 5.87. The quantitative estimate of drug-likeness (QED) is 0.0892. The summed E-state index contributed by atoms with van der Waals surface area (Å²) >= 11 is 0. The van der Waals surface area contributed by atoms with Gasteiger partial charge in [-0.15, -0.1) is 0 Å². The highest BCUT2D eigenvalue weighted by Crippen LogP contribution is 2.41. The monoisotopic (exact) mass is 874 g/mol. The minimum absolute atomic E-state index is 0.0871. The Bertz CT molecular complexity index is 2250. The molecular formula is C46H51F5N8O4. The Labute approximate surface area is 363 Å². The first kappa shape index (κ1) is 45.3. The summed E-state index contributed by atoms with van der Waals surface area (Å²) in [5, 5.41) is 18.6. The van der Waals surface area contributed by atoms with Crippen molar-refractivity contribution < 1.29 is 41.4 Å². The number of benzene rings is 2. The van der Waals surface area contributed by atoms with Crippen LogP contribution in [0.15, 0.2) is 73.2 Å². The van der Waals surface area contributed by atoms with E-state index in [0.29, 0.717) is 23.2 Å². The van der Waals surface area contributed by atoms with Crippen LogP contribution in [0.1, 0.15) is 68.2 Å². The van der Waals surface area contributed by atoms with Crippen LogP contribution in [0.4, 0.5) is 32.6 Å². The molecule has 334 valence electrons. The van der Waals surface area contributed by atoms with Crippen LogP contribution in [-0.4, -0.2) is 106 Å². The second-order valence-electron chi connectivity index (χ2n) is 17.0. The van der Waals surface area contributed by atoms with Gasteiger partial charge >= 0.3 is 12.3 Å². The smallest absolute Gasteiger partial charge is 0.407 e. The number of nitrogens with zero attached hydrogens (tertiary/aromatic N) is 5. The molecule has 4 N–H and O–H groups in total. The van der Waals surface area contributed by atoms with Crippen molar-refractivity contribution in [2.75, 3.05) is 31.6 Å². The highest BCUT2D eigenvalue weighted by atomic mass is 19.4. The summed E-state index contributed by atoms with van der Waals surface area (Å²) in [7, 11) is 0.944. The normalized spacial score (nSPS) is 19.3. The highest BCUT2D eigenvalue weighted by Gasteiger charge is 2.56. The van der Waals surface area contributed by atoms with Gasteiger partial charge in [-0.3, -0.25) is 9.69 Å². The molecule has 2 aliphatic heterocycles. The average Bonchev–Trinajstić information content (AvgIpc) is 3.47.